The maximum atomic E-state index is 12.4. The van der Waals surface area contributed by atoms with Crippen molar-refractivity contribution in [3.05, 3.63) is 35.4 Å². The van der Waals surface area contributed by atoms with Gasteiger partial charge in [0.05, 0.1) is 17.4 Å². The normalized spacial score (nSPS) is 19.0. The van der Waals surface area contributed by atoms with Gasteiger partial charge < -0.3 is 5.32 Å². The summed E-state index contributed by atoms with van der Waals surface area (Å²) in [5.74, 6) is 0.356. The minimum atomic E-state index is -3.29. The molecule has 1 aliphatic heterocycles. The van der Waals surface area contributed by atoms with Gasteiger partial charge in [-0.15, -0.1) is 12.4 Å². The van der Waals surface area contributed by atoms with E-state index in [-0.39, 0.29) is 18.2 Å². The molecule has 1 aromatic carbocycles. The zero-order valence-electron chi connectivity index (χ0n) is 11.9. The number of hydrogen-bond donors (Lipinski definition) is 1. The van der Waals surface area contributed by atoms with Crippen LogP contribution in [-0.2, 0) is 15.8 Å². The summed E-state index contributed by atoms with van der Waals surface area (Å²) in [6.45, 7) is 2.02. The molecule has 21 heavy (non-hydrogen) atoms. The smallest absolute Gasteiger partial charge is 0.218 e. The monoisotopic (exact) mass is 329 g/mol. The van der Waals surface area contributed by atoms with Crippen LogP contribution < -0.4 is 5.32 Å². The van der Waals surface area contributed by atoms with Gasteiger partial charge in [0, 0.05) is 13.1 Å². The fraction of sp³-hybridized carbons (Fsp3) is 0.500. The first-order chi connectivity index (χ1) is 9.55. The van der Waals surface area contributed by atoms with Crippen LogP contribution >= 0.6 is 12.4 Å². The van der Waals surface area contributed by atoms with E-state index in [0.717, 1.165) is 13.0 Å². The third-order valence-electron chi connectivity index (χ3n) is 3.54. The number of rotatable bonds is 5. The van der Waals surface area contributed by atoms with Crippen molar-refractivity contribution >= 4 is 22.4 Å². The molecular formula is C14H20ClN3O2S. The largest absolute Gasteiger partial charge is 0.319 e. The van der Waals surface area contributed by atoms with Crippen molar-refractivity contribution < 1.29 is 8.42 Å². The lowest BCUT2D eigenvalue weighted by atomic mass is 10.1. The Morgan fingerprint density at radius 1 is 1.48 bits per heavy atom. The number of nitriles is 1. The summed E-state index contributed by atoms with van der Waals surface area (Å²) in [6, 6.07) is 8.81. The van der Waals surface area contributed by atoms with Crippen molar-refractivity contribution in [3.8, 4) is 6.07 Å². The number of nitrogens with one attached hydrogen (secondary N) is 1. The lowest BCUT2D eigenvalue weighted by Crippen LogP contribution is -2.31. The van der Waals surface area contributed by atoms with Crippen molar-refractivity contribution in [3.63, 3.8) is 0 Å². The first kappa shape index (κ1) is 17.9. The molecule has 0 bridgehead atoms. The maximum Gasteiger partial charge on any atom is 0.218 e. The van der Waals surface area contributed by atoms with Crippen LogP contribution in [-0.4, -0.2) is 39.4 Å². The molecule has 0 aromatic heterocycles. The molecule has 2 rings (SSSR count). The Hall–Kier alpha value is -1.13. The maximum absolute atomic E-state index is 12.4. The van der Waals surface area contributed by atoms with Gasteiger partial charge in [0.2, 0.25) is 10.0 Å². The molecule has 1 aromatic rings. The molecular weight excluding hydrogens is 310 g/mol. The fourth-order valence-corrected chi connectivity index (χ4v) is 4.14. The predicted molar refractivity (Wildman–Crippen MR) is 84.6 cm³/mol. The van der Waals surface area contributed by atoms with Crippen molar-refractivity contribution in [1.29, 1.82) is 5.26 Å². The number of nitrogens with zero attached hydrogens (tertiary/aromatic N) is 2. The van der Waals surface area contributed by atoms with Gasteiger partial charge in [-0.25, -0.2) is 12.7 Å². The Labute approximate surface area is 132 Å². The van der Waals surface area contributed by atoms with Crippen LogP contribution in [0.1, 0.15) is 17.5 Å². The molecule has 0 aliphatic carbocycles. The van der Waals surface area contributed by atoms with Crippen molar-refractivity contribution in [2.45, 2.75) is 12.2 Å². The van der Waals surface area contributed by atoms with E-state index in [0.29, 0.717) is 30.1 Å². The SMILES string of the molecule is CNCC1CCN(S(=O)(=O)Cc2cccc(C#N)c2)C1.Cl. The van der Waals surface area contributed by atoms with E-state index >= 15 is 0 Å². The van der Waals surface area contributed by atoms with E-state index in [9.17, 15) is 8.42 Å². The zero-order valence-corrected chi connectivity index (χ0v) is 13.6. The van der Waals surface area contributed by atoms with Crippen LogP contribution in [0.2, 0.25) is 0 Å². The summed E-state index contributed by atoms with van der Waals surface area (Å²) in [7, 11) is -1.41. The average molecular weight is 330 g/mol. The summed E-state index contributed by atoms with van der Waals surface area (Å²) in [6.07, 6.45) is 0.901. The van der Waals surface area contributed by atoms with Crippen molar-refractivity contribution in [2.24, 2.45) is 5.92 Å². The molecule has 7 heteroatoms. The molecule has 1 heterocycles. The van der Waals surface area contributed by atoms with E-state index in [1.165, 1.54) is 0 Å². The van der Waals surface area contributed by atoms with E-state index in [1.54, 1.807) is 28.6 Å². The van der Waals surface area contributed by atoms with E-state index in [2.05, 4.69) is 5.32 Å². The first-order valence-corrected chi connectivity index (χ1v) is 8.27. The number of sulfonamides is 1. The van der Waals surface area contributed by atoms with Crippen LogP contribution in [0.4, 0.5) is 0 Å². The van der Waals surface area contributed by atoms with Gasteiger partial charge in [-0.3, -0.25) is 0 Å². The van der Waals surface area contributed by atoms with Crippen molar-refractivity contribution in [1.82, 2.24) is 9.62 Å². The lowest BCUT2D eigenvalue weighted by Gasteiger charge is -2.16. The molecule has 1 fully saturated rings. The summed E-state index contributed by atoms with van der Waals surface area (Å²) in [5.41, 5.74) is 1.16. The van der Waals surface area contributed by atoms with E-state index < -0.39 is 10.0 Å². The molecule has 1 saturated heterocycles. The van der Waals surface area contributed by atoms with Gasteiger partial charge >= 0.3 is 0 Å². The van der Waals surface area contributed by atoms with Crippen LogP contribution in [0.5, 0.6) is 0 Å². The van der Waals surface area contributed by atoms with E-state index in [1.807, 2.05) is 13.1 Å². The van der Waals surface area contributed by atoms with Crippen LogP contribution in [0.15, 0.2) is 24.3 Å². The molecule has 0 spiro atoms. The number of halogens is 1. The summed E-state index contributed by atoms with van der Waals surface area (Å²) >= 11 is 0. The van der Waals surface area contributed by atoms with Gasteiger partial charge in [0.1, 0.15) is 0 Å². The summed E-state index contributed by atoms with van der Waals surface area (Å²) in [5, 5.41) is 11.9. The lowest BCUT2D eigenvalue weighted by molar-refractivity contribution is 0.450. The Morgan fingerprint density at radius 3 is 2.90 bits per heavy atom. The third kappa shape index (κ3) is 4.68. The Kier molecular flexibility index (Phi) is 6.62. The molecule has 1 atom stereocenters. The second kappa shape index (κ2) is 7.76. The zero-order chi connectivity index (χ0) is 14.6. The van der Waals surface area contributed by atoms with Crippen molar-refractivity contribution in [2.75, 3.05) is 26.7 Å². The third-order valence-corrected chi connectivity index (χ3v) is 5.36. The fourth-order valence-electron chi connectivity index (χ4n) is 2.54. The highest BCUT2D eigenvalue weighted by molar-refractivity contribution is 7.88. The quantitative estimate of drug-likeness (QED) is 0.885. The van der Waals surface area contributed by atoms with Gasteiger partial charge in [-0.1, -0.05) is 12.1 Å². The molecule has 1 unspecified atom stereocenters. The highest BCUT2D eigenvalue weighted by Crippen LogP contribution is 2.21. The minimum absolute atomic E-state index is 0. The Morgan fingerprint density at radius 2 is 2.24 bits per heavy atom. The first-order valence-electron chi connectivity index (χ1n) is 6.66. The molecule has 0 amide bonds. The Balaban J connectivity index is 0.00000220. The molecule has 0 saturated carbocycles. The molecule has 116 valence electrons. The van der Waals surface area contributed by atoms with Crippen LogP contribution in [0.3, 0.4) is 0 Å². The van der Waals surface area contributed by atoms with Gasteiger partial charge in [0.25, 0.3) is 0 Å². The van der Waals surface area contributed by atoms with Gasteiger partial charge in [-0.05, 0) is 43.6 Å². The predicted octanol–water partition coefficient (Wildman–Crippen LogP) is 1.35. The highest BCUT2D eigenvalue weighted by Gasteiger charge is 2.30. The van der Waals surface area contributed by atoms with Gasteiger partial charge in [0.15, 0.2) is 0 Å². The molecule has 1 aliphatic rings. The molecule has 5 nitrogen and oxygen atoms in total. The highest BCUT2D eigenvalue weighted by atomic mass is 35.5. The summed E-state index contributed by atoms with van der Waals surface area (Å²) in [4.78, 5) is 0. The second-order valence-electron chi connectivity index (χ2n) is 5.14. The van der Waals surface area contributed by atoms with Crippen LogP contribution in [0.25, 0.3) is 0 Å². The molecule has 1 N–H and O–H groups in total. The standard InChI is InChI=1S/C14H19N3O2S.ClH/c1-16-9-14-5-6-17(10-14)20(18,19)11-13-4-2-3-12(7-13)8-15;/h2-4,7,14,16H,5-6,9-11H2,1H3;1H. The van der Waals surface area contributed by atoms with E-state index in [4.69, 9.17) is 5.26 Å². The average Bonchev–Trinajstić information content (AvgIpc) is 2.88. The topological polar surface area (TPSA) is 73.2 Å². The molecule has 0 radical (unpaired) electrons. The second-order valence-corrected chi connectivity index (χ2v) is 7.11. The Bertz CT molecular complexity index is 613. The number of benzene rings is 1. The number of hydrogen-bond acceptors (Lipinski definition) is 4. The van der Waals surface area contributed by atoms with Gasteiger partial charge in [-0.2, -0.15) is 5.26 Å². The van der Waals surface area contributed by atoms with Crippen LogP contribution in [0, 0.1) is 17.2 Å². The summed E-state index contributed by atoms with van der Waals surface area (Å²) < 4.78 is 26.3. The minimum Gasteiger partial charge on any atom is -0.319 e.